The molecule has 0 saturated carbocycles. The van der Waals surface area contributed by atoms with Crippen molar-refractivity contribution in [2.75, 3.05) is 18.4 Å². The van der Waals surface area contributed by atoms with Crippen LogP contribution in [0.15, 0.2) is 41.6 Å². The van der Waals surface area contributed by atoms with Gasteiger partial charge in [-0.15, -0.1) is 5.10 Å². The number of carbonyl (C=O) groups excluding carboxylic acids is 2. The number of alkyl halides is 3. The Hall–Kier alpha value is -5.49. The number of aromatic hydroxyl groups is 1. The van der Waals surface area contributed by atoms with Crippen molar-refractivity contribution < 1.29 is 37.0 Å². The van der Waals surface area contributed by atoms with Gasteiger partial charge >= 0.3 is 6.18 Å². The van der Waals surface area contributed by atoms with Gasteiger partial charge in [0.2, 0.25) is 11.7 Å². The number of pyridine rings is 1. The van der Waals surface area contributed by atoms with Crippen molar-refractivity contribution in [1.82, 2.24) is 39.0 Å². The smallest absolute Gasteiger partial charge is 0.416 e. The summed E-state index contributed by atoms with van der Waals surface area (Å²) in [7, 11) is 0. The first kappa shape index (κ1) is 34.9. The van der Waals surface area contributed by atoms with Crippen LogP contribution in [0.2, 0.25) is 5.02 Å². The number of rotatable bonds is 5. The predicted octanol–water partition coefficient (Wildman–Crippen LogP) is 4.74. The van der Waals surface area contributed by atoms with Crippen LogP contribution in [0.4, 0.5) is 23.2 Å². The van der Waals surface area contributed by atoms with E-state index in [0.29, 0.717) is 11.8 Å². The van der Waals surface area contributed by atoms with Gasteiger partial charge in [0.15, 0.2) is 23.1 Å². The molecule has 2 aliphatic heterocycles. The number of hydrogen-bond donors (Lipinski definition) is 2. The quantitative estimate of drug-likeness (QED) is 0.240. The first-order valence-electron chi connectivity index (χ1n) is 15.9. The molecule has 2 N–H and O–H groups in total. The van der Waals surface area contributed by atoms with Gasteiger partial charge in [0.1, 0.15) is 18.5 Å². The molecule has 1 spiro atoms. The summed E-state index contributed by atoms with van der Waals surface area (Å²) in [6, 6.07) is 3.89. The molecule has 0 bridgehead atoms. The lowest BCUT2D eigenvalue weighted by atomic mass is 9.85. The number of nitrogens with zero attached hydrogens (tertiary/aromatic N) is 8. The van der Waals surface area contributed by atoms with Crippen molar-refractivity contribution >= 4 is 34.9 Å². The Balaban J connectivity index is 1.29. The molecule has 7 rings (SSSR count). The van der Waals surface area contributed by atoms with Crippen LogP contribution in [0.25, 0.3) is 17.2 Å². The SMILES string of the molecule is Cc1cc(-c2nc3n(CC(=O)Nc4ccc(C(F)(F)F)cc4Cl)c4c(c(=O)n3n2)C2(CCN(C(=O)c3ncnc(C)c3O)CC2)OC4C)c(F)cn1. The summed E-state index contributed by atoms with van der Waals surface area (Å²) in [4.78, 5) is 59.0. The number of anilines is 1. The molecule has 1 atom stereocenters. The Morgan fingerprint density at radius 3 is 2.56 bits per heavy atom. The molecule has 4 aromatic heterocycles. The summed E-state index contributed by atoms with van der Waals surface area (Å²) < 4.78 is 63.5. The van der Waals surface area contributed by atoms with Crippen LogP contribution in [0.3, 0.4) is 0 Å². The lowest BCUT2D eigenvalue weighted by molar-refractivity contribution is -0.137. The molecule has 1 unspecified atom stereocenters. The molecule has 0 radical (unpaired) electrons. The minimum Gasteiger partial charge on any atom is -0.504 e. The Morgan fingerprint density at radius 1 is 1.13 bits per heavy atom. The Kier molecular flexibility index (Phi) is 8.48. The number of aromatic nitrogens is 7. The molecule has 52 heavy (non-hydrogen) atoms. The maximum Gasteiger partial charge on any atom is 0.416 e. The van der Waals surface area contributed by atoms with Crippen LogP contribution >= 0.6 is 11.6 Å². The maximum absolute atomic E-state index is 15.0. The standard InChI is InChI=1S/C33H28ClF4N9O5/c1-15-10-19(21(35)12-39-15)28-43-31-46(13-23(48)42-22-5-4-18(11-20(22)34)33(36,37)38)26-17(3)52-32(24(26)29(50)47(31)44-28)6-8-45(9-7-32)30(51)25-27(49)16(2)40-14-41-25/h4-5,10-12,14,17,49H,6-9,13H2,1-3H3,(H,42,48). The number of amides is 2. The first-order chi connectivity index (χ1) is 24.6. The van der Waals surface area contributed by atoms with Crippen LogP contribution in [0.1, 0.15) is 64.6 Å². The highest BCUT2D eigenvalue weighted by atomic mass is 35.5. The number of benzene rings is 1. The van der Waals surface area contributed by atoms with E-state index in [0.717, 1.165) is 22.8 Å². The molecule has 19 heteroatoms. The average Bonchev–Trinajstić information content (AvgIpc) is 3.66. The van der Waals surface area contributed by atoms with Crippen molar-refractivity contribution in [2.24, 2.45) is 0 Å². The second-order valence-corrected chi connectivity index (χ2v) is 13.0. The molecule has 1 saturated heterocycles. The highest BCUT2D eigenvalue weighted by molar-refractivity contribution is 6.33. The number of likely N-dealkylation sites (tertiary alicyclic amines) is 1. The van der Waals surface area contributed by atoms with Crippen LogP contribution < -0.4 is 10.9 Å². The largest absolute Gasteiger partial charge is 0.504 e. The number of carbonyl (C=O) groups is 2. The van der Waals surface area contributed by atoms with Crippen LogP contribution in [-0.2, 0) is 27.9 Å². The number of piperidine rings is 1. The van der Waals surface area contributed by atoms with E-state index in [9.17, 15) is 37.1 Å². The van der Waals surface area contributed by atoms with E-state index in [1.807, 2.05) is 0 Å². The molecule has 1 aromatic carbocycles. The minimum absolute atomic E-state index is 0.0441. The molecular weight excluding hydrogens is 714 g/mol. The van der Waals surface area contributed by atoms with Gasteiger partial charge in [-0.1, -0.05) is 11.6 Å². The van der Waals surface area contributed by atoms with Crippen molar-refractivity contribution in [1.29, 1.82) is 0 Å². The maximum atomic E-state index is 15.0. The molecule has 2 amide bonds. The van der Waals surface area contributed by atoms with Gasteiger partial charge in [0.25, 0.3) is 11.5 Å². The molecule has 0 aliphatic carbocycles. The van der Waals surface area contributed by atoms with Gasteiger partial charge in [-0.05, 0) is 57.9 Å². The van der Waals surface area contributed by atoms with E-state index in [-0.39, 0.29) is 82.2 Å². The summed E-state index contributed by atoms with van der Waals surface area (Å²) in [5, 5.41) is 16.9. The van der Waals surface area contributed by atoms with Gasteiger partial charge in [0.05, 0.1) is 51.1 Å². The molecular formula is C33H28ClF4N9O5. The Bertz CT molecular complexity index is 2360. The third-order valence-corrected chi connectivity index (χ3v) is 9.51. The van der Waals surface area contributed by atoms with Gasteiger partial charge in [0, 0.05) is 18.8 Å². The highest BCUT2D eigenvalue weighted by Gasteiger charge is 2.50. The third kappa shape index (κ3) is 5.90. The first-order valence-corrected chi connectivity index (χ1v) is 16.3. The fraction of sp³-hybridized carbons (Fsp3) is 0.333. The van der Waals surface area contributed by atoms with E-state index in [1.54, 1.807) is 13.8 Å². The topological polar surface area (TPSA) is 170 Å². The van der Waals surface area contributed by atoms with Crippen molar-refractivity contribution in [3.63, 3.8) is 0 Å². The second-order valence-electron chi connectivity index (χ2n) is 12.5. The summed E-state index contributed by atoms with van der Waals surface area (Å²) in [5.74, 6) is -2.65. The number of hydrogen-bond acceptors (Lipinski definition) is 10. The zero-order valence-corrected chi connectivity index (χ0v) is 28.4. The number of fused-ring (bicyclic) bond motifs is 3. The van der Waals surface area contributed by atoms with E-state index in [2.05, 4.69) is 30.4 Å². The fourth-order valence-corrected chi connectivity index (χ4v) is 6.93. The summed E-state index contributed by atoms with van der Waals surface area (Å²) in [6.45, 7) is 4.52. The number of halogens is 5. The van der Waals surface area contributed by atoms with Crippen molar-refractivity contribution in [3.05, 3.63) is 91.9 Å². The Labute approximate surface area is 296 Å². The van der Waals surface area contributed by atoms with Gasteiger partial charge < -0.3 is 24.6 Å². The summed E-state index contributed by atoms with van der Waals surface area (Å²) in [5.41, 5.74) is -2.07. The van der Waals surface area contributed by atoms with Crippen molar-refractivity contribution in [3.8, 4) is 17.1 Å². The monoisotopic (exact) mass is 741 g/mol. The lowest BCUT2D eigenvalue weighted by Gasteiger charge is -2.39. The molecule has 14 nitrogen and oxygen atoms in total. The highest BCUT2D eigenvalue weighted by Crippen LogP contribution is 2.48. The molecule has 2 aliphatic rings. The van der Waals surface area contributed by atoms with Crippen LogP contribution in [-0.4, -0.2) is 69.0 Å². The van der Waals surface area contributed by atoms with Crippen molar-refractivity contribution in [2.45, 2.75) is 58.0 Å². The fourth-order valence-electron chi connectivity index (χ4n) is 6.70. The Morgan fingerprint density at radius 2 is 1.87 bits per heavy atom. The van der Waals surface area contributed by atoms with E-state index < -0.39 is 53.2 Å². The number of nitrogens with one attached hydrogen (secondary N) is 1. The normalized spacial score (nSPS) is 16.8. The van der Waals surface area contributed by atoms with Gasteiger partial charge in [-0.3, -0.25) is 19.4 Å². The summed E-state index contributed by atoms with van der Waals surface area (Å²) in [6.07, 6.45) is -3.02. The third-order valence-electron chi connectivity index (χ3n) is 9.20. The molecule has 6 heterocycles. The zero-order chi connectivity index (χ0) is 37.3. The zero-order valence-electron chi connectivity index (χ0n) is 27.6. The summed E-state index contributed by atoms with van der Waals surface area (Å²) >= 11 is 6.10. The van der Waals surface area contributed by atoms with E-state index in [4.69, 9.17) is 16.3 Å². The number of aryl methyl sites for hydroxylation is 2. The second kappa shape index (κ2) is 12.6. The van der Waals surface area contributed by atoms with Gasteiger partial charge in [-0.2, -0.15) is 22.7 Å². The van der Waals surface area contributed by atoms with Crippen LogP contribution in [0.5, 0.6) is 5.75 Å². The molecule has 270 valence electrons. The van der Waals surface area contributed by atoms with E-state index >= 15 is 0 Å². The lowest BCUT2D eigenvalue weighted by Crippen LogP contribution is -2.47. The number of ether oxygens (including phenoxy) is 1. The molecule has 5 aromatic rings. The van der Waals surface area contributed by atoms with Gasteiger partial charge in [-0.25, -0.2) is 14.4 Å². The van der Waals surface area contributed by atoms with Crippen LogP contribution in [0, 0.1) is 19.7 Å². The van der Waals surface area contributed by atoms with E-state index in [1.165, 1.54) is 28.8 Å². The minimum atomic E-state index is -4.65. The predicted molar refractivity (Wildman–Crippen MR) is 175 cm³/mol. The molecule has 1 fully saturated rings. The average molecular weight is 742 g/mol.